The molecule has 3 aromatic rings. The summed E-state index contributed by atoms with van der Waals surface area (Å²) in [5.74, 6) is -0.368. The zero-order valence-electron chi connectivity index (χ0n) is 14.6. The minimum Gasteiger partial charge on any atom is -0.377 e. The fourth-order valence-corrected chi connectivity index (χ4v) is 3.04. The molecule has 0 atom stereocenters. The number of rotatable bonds is 5. The molecule has 130 valence electrons. The highest BCUT2D eigenvalue weighted by Crippen LogP contribution is 2.22. The summed E-state index contributed by atoms with van der Waals surface area (Å²) in [7, 11) is 0. The van der Waals surface area contributed by atoms with Gasteiger partial charge in [0.1, 0.15) is 11.9 Å². The second-order valence-electron chi connectivity index (χ2n) is 6.03. The van der Waals surface area contributed by atoms with E-state index in [1.54, 1.807) is 30.3 Å². The van der Waals surface area contributed by atoms with E-state index in [0.717, 1.165) is 17.1 Å². The van der Waals surface area contributed by atoms with Gasteiger partial charge in [0.2, 0.25) is 0 Å². The molecule has 0 fully saturated rings. The minimum atomic E-state index is -0.298. The van der Waals surface area contributed by atoms with E-state index in [2.05, 4.69) is 11.4 Å². The summed E-state index contributed by atoms with van der Waals surface area (Å²) >= 11 is 0. The molecule has 1 N–H and O–H groups in total. The largest absolute Gasteiger partial charge is 0.377 e. The number of halogens is 1. The summed E-state index contributed by atoms with van der Waals surface area (Å²) in [6, 6.07) is 17.2. The van der Waals surface area contributed by atoms with Crippen molar-refractivity contribution in [2.45, 2.75) is 13.8 Å². The summed E-state index contributed by atoms with van der Waals surface area (Å²) in [5, 5.41) is 12.2. The predicted molar refractivity (Wildman–Crippen MR) is 99.2 cm³/mol. The quantitative estimate of drug-likeness (QED) is 0.696. The molecular weight excluding hydrogens is 329 g/mol. The number of anilines is 1. The summed E-state index contributed by atoms with van der Waals surface area (Å²) in [4.78, 5) is 12.7. The van der Waals surface area contributed by atoms with Gasteiger partial charge in [-0.25, -0.2) is 4.39 Å². The first kappa shape index (κ1) is 17.4. The molecule has 26 heavy (non-hydrogen) atoms. The van der Waals surface area contributed by atoms with E-state index >= 15 is 0 Å². The van der Waals surface area contributed by atoms with E-state index < -0.39 is 0 Å². The molecule has 1 heterocycles. The van der Waals surface area contributed by atoms with Gasteiger partial charge in [-0.3, -0.25) is 4.79 Å². The van der Waals surface area contributed by atoms with Crippen LogP contribution in [0.4, 0.5) is 10.1 Å². The molecule has 2 aromatic carbocycles. The van der Waals surface area contributed by atoms with Crippen molar-refractivity contribution in [1.82, 2.24) is 4.57 Å². The van der Waals surface area contributed by atoms with Crippen LogP contribution in [-0.2, 0) is 0 Å². The maximum absolute atomic E-state index is 13.2. The molecule has 0 unspecified atom stereocenters. The minimum absolute atomic E-state index is 0.0702. The van der Waals surface area contributed by atoms with Crippen molar-refractivity contribution >= 4 is 11.5 Å². The number of hydrogen-bond donors (Lipinski definition) is 1. The number of Topliss-reactive ketones (excluding diaryl/α,β-unsaturated/α-hetero) is 1. The molecule has 0 radical (unpaired) electrons. The van der Waals surface area contributed by atoms with Gasteiger partial charge in [-0.1, -0.05) is 12.1 Å². The zero-order valence-corrected chi connectivity index (χ0v) is 14.6. The fourth-order valence-electron chi connectivity index (χ4n) is 3.04. The summed E-state index contributed by atoms with van der Waals surface area (Å²) < 4.78 is 15.1. The molecule has 0 aliphatic rings. The Labute approximate surface area is 151 Å². The molecule has 3 rings (SSSR count). The lowest BCUT2D eigenvalue weighted by molar-refractivity contribution is 0.101. The molecule has 0 bridgehead atoms. The third kappa shape index (κ3) is 3.35. The van der Waals surface area contributed by atoms with Gasteiger partial charge in [0.05, 0.1) is 17.8 Å². The van der Waals surface area contributed by atoms with Crippen molar-refractivity contribution in [2.75, 3.05) is 11.9 Å². The van der Waals surface area contributed by atoms with E-state index in [4.69, 9.17) is 5.26 Å². The van der Waals surface area contributed by atoms with E-state index in [1.807, 2.05) is 30.5 Å². The molecule has 0 spiro atoms. The number of carbonyl (C=O) groups excluding carboxylic acids is 1. The number of benzene rings is 2. The molecule has 1 aromatic heterocycles. The highest BCUT2D eigenvalue weighted by atomic mass is 19.1. The fraction of sp³-hybridized carbons (Fsp3) is 0.143. The number of aryl methyl sites for hydroxylation is 1. The van der Waals surface area contributed by atoms with Crippen LogP contribution in [-0.4, -0.2) is 16.9 Å². The first-order valence-electron chi connectivity index (χ1n) is 8.22. The number of carbonyl (C=O) groups is 1. The number of nitriles is 1. The standard InChI is InChI=1S/C21H18FN3O/c1-14-11-19(15(2)25(14)18-9-7-17(22)8-10-18)21(26)13-24-20-6-4-3-5-16(20)12-23/h3-11,24H,13H2,1-2H3. The van der Waals surface area contributed by atoms with Crippen LogP contribution >= 0.6 is 0 Å². The van der Waals surface area contributed by atoms with Crippen molar-refractivity contribution < 1.29 is 9.18 Å². The Hall–Kier alpha value is -3.39. The number of para-hydroxylation sites is 1. The third-order valence-electron chi connectivity index (χ3n) is 4.30. The Morgan fingerprint density at radius 1 is 1.15 bits per heavy atom. The third-order valence-corrected chi connectivity index (χ3v) is 4.30. The lowest BCUT2D eigenvalue weighted by Crippen LogP contribution is -2.15. The van der Waals surface area contributed by atoms with Crippen molar-refractivity contribution in [2.24, 2.45) is 0 Å². The molecule has 0 saturated carbocycles. The normalized spacial score (nSPS) is 10.4. The SMILES string of the molecule is Cc1cc(C(=O)CNc2ccccc2C#N)c(C)n1-c1ccc(F)cc1. The second kappa shape index (κ2) is 7.24. The Bertz CT molecular complexity index is 997. The van der Waals surface area contributed by atoms with Gasteiger partial charge >= 0.3 is 0 Å². The Kier molecular flexibility index (Phi) is 4.85. The van der Waals surface area contributed by atoms with Crippen LogP contribution in [0.3, 0.4) is 0 Å². The maximum atomic E-state index is 13.2. The van der Waals surface area contributed by atoms with Gasteiger partial charge in [0.25, 0.3) is 0 Å². The average Bonchev–Trinajstić information content (AvgIpc) is 2.95. The number of ketones is 1. The molecular formula is C21H18FN3O. The Morgan fingerprint density at radius 3 is 2.54 bits per heavy atom. The van der Waals surface area contributed by atoms with E-state index in [9.17, 15) is 9.18 Å². The zero-order chi connectivity index (χ0) is 18.7. The lowest BCUT2D eigenvalue weighted by atomic mass is 10.1. The van der Waals surface area contributed by atoms with Gasteiger partial charge in [0.15, 0.2) is 5.78 Å². The van der Waals surface area contributed by atoms with Crippen molar-refractivity contribution in [3.63, 3.8) is 0 Å². The number of nitrogens with zero attached hydrogens (tertiary/aromatic N) is 2. The number of nitrogens with one attached hydrogen (secondary N) is 1. The van der Waals surface area contributed by atoms with Crippen molar-refractivity contribution in [3.8, 4) is 11.8 Å². The molecule has 0 amide bonds. The predicted octanol–water partition coefficient (Wildman–Crippen LogP) is 4.40. The molecule has 0 aliphatic heterocycles. The van der Waals surface area contributed by atoms with Crippen LogP contribution in [0.5, 0.6) is 0 Å². The lowest BCUT2D eigenvalue weighted by Gasteiger charge is -2.10. The Morgan fingerprint density at radius 2 is 1.85 bits per heavy atom. The van der Waals surface area contributed by atoms with Gasteiger partial charge in [-0.15, -0.1) is 0 Å². The van der Waals surface area contributed by atoms with Crippen LogP contribution in [0, 0.1) is 31.0 Å². The van der Waals surface area contributed by atoms with Crippen LogP contribution in [0.2, 0.25) is 0 Å². The van der Waals surface area contributed by atoms with Crippen LogP contribution in [0.1, 0.15) is 27.3 Å². The number of hydrogen-bond acceptors (Lipinski definition) is 3. The van der Waals surface area contributed by atoms with Crippen LogP contribution < -0.4 is 5.32 Å². The van der Waals surface area contributed by atoms with Crippen molar-refractivity contribution in [3.05, 3.63) is 82.9 Å². The summed E-state index contributed by atoms with van der Waals surface area (Å²) in [5.41, 5.74) is 4.24. The summed E-state index contributed by atoms with van der Waals surface area (Å²) in [6.07, 6.45) is 0. The number of aromatic nitrogens is 1. The van der Waals surface area contributed by atoms with Gasteiger partial charge in [-0.05, 0) is 56.3 Å². The smallest absolute Gasteiger partial charge is 0.183 e. The average molecular weight is 347 g/mol. The first-order valence-corrected chi connectivity index (χ1v) is 8.22. The molecule has 0 saturated heterocycles. The molecule has 0 aliphatic carbocycles. The molecule has 5 heteroatoms. The van der Waals surface area contributed by atoms with Gasteiger partial charge in [-0.2, -0.15) is 5.26 Å². The van der Waals surface area contributed by atoms with Crippen molar-refractivity contribution in [1.29, 1.82) is 5.26 Å². The van der Waals surface area contributed by atoms with Gasteiger partial charge < -0.3 is 9.88 Å². The molecule has 4 nitrogen and oxygen atoms in total. The summed E-state index contributed by atoms with van der Waals surface area (Å²) in [6.45, 7) is 3.87. The van der Waals surface area contributed by atoms with E-state index in [-0.39, 0.29) is 18.1 Å². The topological polar surface area (TPSA) is 57.8 Å². The highest BCUT2D eigenvalue weighted by molar-refractivity contribution is 6.00. The second-order valence-corrected chi connectivity index (χ2v) is 6.03. The highest BCUT2D eigenvalue weighted by Gasteiger charge is 2.17. The first-order chi connectivity index (χ1) is 12.5. The maximum Gasteiger partial charge on any atom is 0.183 e. The Balaban J connectivity index is 1.84. The van der Waals surface area contributed by atoms with E-state index in [1.165, 1.54) is 12.1 Å². The van der Waals surface area contributed by atoms with Crippen LogP contribution in [0.25, 0.3) is 5.69 Å². The monoisotopic (exact) mass is 347 g/mol. The van der Waals surface area contributed by atoms with Crippen LogP contribution in [0.15, 0.2) is 54.6 Å². The van der Waals surface area contributed by atoms with Gasteiger partial charge in [0, 0.05) is 22.6 Å². The van der Waals surface area contributed by atoms with E-state index in [0.29, 0.717) is 16.8 Å².